The number of hydrogen-bond acceptors (Lipinski definition) is 4. The van der Waals surface area contributed by atoms with Gasteiger partial charge in [-0.1, -0.05) is 0 Å². The van der Waals surface area contributed by atoms with Gasteiger partial charge in [0.05, 0.1) is 19.1 Å². The number of likely N-dealkylation sites (N-methyl/N-ethyl adjacent to an activating group) is 1. The Morgan fingerprint density at radius 2 is 1.70 bits per heavy atom. The molecule has 0 aliphatic heterocycles. The fraction of sp³-hybridized carbons (Fsp3) is 0.867. The van der Waals surface area contributed by atoms with E-state index in [-0.39, 0.29) is 23.9 Å². The lowest BCUT2D eigenvalue weighted by atomic mass is 9.87. The van der Waals surface area contributed by atoms with Crippen molar-refractivity contribution in [3.05, 3.63) is 0 Å². The van der Waals surface area contributed by atoms with E-state index in [1.54, 1.807) is 4.90 Å². The lowest BCUT2D eigenvalue weighted by Gasteiger charge is -2.30. The van der Waals surface area contributed by atoms with Gasteiger partial charge in [-0.05, 0) is 46.5 Å². The minimum atomic E-state index is -0.408. The third-order valence-corrected chi connectivity index (χ3v) is 4.03. The maximum atomic E-state index is 12.1. The normalized spacial score (nSPS) is 24.0. The van der Waals surface area contributed by atoms with Gasteiger partial charge in [-0.3, -0.25) is 9.59 Å². The quantitative estimate of drug-likeness (QED) is 0.700. The summed E-state index contributed by atoms with van der Waals surface area (Å²) in [6.07, 6.45) is 2.86. The molecule has 1 unspecified atom stereocenters. The van der Waals surface area contributed by atoms with Crippen molar-refractivity contribution in [2.75, 3.05) is 20.2 Å². The maximum absolute atomic E-state index is 12.1. The molecule has 0 bridgehead atoms. The van der Waals surface area contributed by atoms with Crippen molar-refractivity contribution in [2.45, 2.75) is 58.7 Å². The number of ether oxygens (including phenoxy) is 2. The van der Waals surface area contributed by atoms with Gasteiger partial charge in [-0.15, -0.1) is 0 Å². The Hall–Kier alpha value is -1.10. The predicted molar refractivity (Wildman–Crippen MR) is 76.2 cm³/mol. The monoisotopic (exact) mass is 285 g/mol. The molecule has 1 saturated carbocycles. The van der Waals surface area contributed by atoms with Gasteiger partial charge in [-0.2, -0.15) is 0 Å². The number of hydrogen-bond donors (Lipinski definition) is 0. The summed E-state index contributed by atoms with van der Waals surface area (Å²) >= 11 is 0. The van der Waals surface area contributed by atoms with Gasteiger partial charge in [0.25, 0.3) is 5.91 Å². The zero-order valence-electron chi connectivity index (χ0n) is 13.1. The molecule has 1 rings (SSSR count). The number of carbonyl (C=O) groups is 2. The van der Waals surface area contributed by atoms with Gasteiger partial charge < -0.3 is 14.4 Å². The molecule has 1 atom stereocenters. The van der Waals surface area contributed by atoms with E-state index in [0.717, 1.165) is 25.7 Å². The second-order valence-corrected chi connectivity index (χ2v) is 5.29. The van der Waals surface area contributed by atoms with Crippen molar-refractivity contribution in [1.29, 1.82) is 0 Å². The molecule has 1 aliphatic carbocycles. The number of methoxy groups -OCH3 is 1. The highest BCUT2D eigenvalue weighted by Gasteiger charge is 2.30. The molecule has 1 fully saturated rings. The van der Waals surface area contributed by atoms with Gasteiger partial charge in [0.2, 0.25) is 0 Å². The first-order valence-corrected chi connectivity index (χ1v) is 7.55. The van der Waals surface area contributed by atoms with Crippen molar-refractivity contribution in [3.63, 3.8) is 0 Å². The summed E-state index contributed by atoms with van der Waals surface area (Å²) in [4.78, 5) is 25.4. The van der Waals surface area contributed by atoms with Crippen LogP contribution in [0.1, 0.15) is 46.5 Å². The Kier molecular flexibility index (Phi) is 6.99. The maximum Gasteiger partial charge on any atom is 0.308 e. The van der Waals surface area contributed by atoms with Crippen LogP contribution in [0.25, 0.3) is 0 Å². The van der Waals surface area contributed by atoms with Crippen LogP contribution in [-0.2, 0) is 19.1 Å². The minimum Gasteiger partial charge on any atom is -0.469 e. The smallest absolute Gasteiger partial charge is 0.308 e. The molecule has 0 saturated heterocycles. The number of carbonyl (C=O) groups excluding carboxylic acids is 2. The first-order valence-electron chi connectivity index (χ1n) is 7.55. The molecule has 5 nitrogen and oxygen atoms in total. The van der Waals surface area contributed by atoms with Gasteiger partial charge in [0, 0.05) is 13.1 Å². The van der Waals surface area contributed by atoms with Crippen LogP contribution in [-0.4, -0.2) is 49.2 Å². The molecule has 1 aliphatic rings. The molecule has 0 aromatic carbocycles. The van der Waals surface area contributed by atoms with Crippen LogP contribution in [0.3, 0.4) is 0 Å². The molecule has 116 valence electrons. The Labute approximate surface area is 121 Å². The Morgan fingerprint density at radius 1 is 1.15 bits per heavy atom. The molecule has 0 radical (unpaired) electrons. The molecule has 5 heteroatoms. The summed E-state index contributed by atoms with van der Waals surface area (Å²) < 4.78 is 10.6. The molecule has 20 heavy (non-hydrogen) atoms. The second kappa shape index (κ2) is 8.25. The molecule has 1 amide bonds. The zero-order valence-corrected chi connectivity index (χ0v) is 13.1. The fourth-order valence-corrected chi connectivity index (χ4v) is 2.74. The summed E-state index contributed by atoms with van der Waals surface area (Å²) in [6, 6.07) is 0. The fourth-order valence-electron chi connectivity index (χ4n) is 2.74. The zero-order chi connectivity index (χ0) is 15.1. The highest BCUT2D eigenvalue weighted by molar-refractivity contribution is 5.80. The highest BCUT2D eigenvalue weighted by atomic mass is 16.5. The van der Waals surface area contributed by atoms with Crippen LogP contribution < -0.4 is 0 Å². The summed E-state index contributed by atoms with van der Waals surface area (Å²) in [6.45, 7) is 7.16. The van der Waals surface area contributed by atoms with Crippen molar-refractivity contribution in [3.8, 4) is 0 Å². The van der Waals surface area contributed by atoms with Crippen LogP contribution >= 0.6 is 0 Å². The Bertz CT molecular complexity index is 320. The molecular weight excluding hydrogens is 258 g/mol. The van der Waals surface area contributed by atoms with Crippen LogP contribution in [0.15, 0.2) is 0 Å². The van der Waals surface area contributed by atoms with E-state index in [9.17, 15) is 9.59 Å². The average molecular weight is 285 g/mol. The van der Waals surface area contributed by atoms with Gasteiger partial charge in [0.15, 0.2) is 0 Å². The van der Waals surface area contributed by atoms with Crippen molar-refractivity contribution in [2.24, 2.45) is 5.92 Å². The van der Waals surface area contributed by atoms with Crippen molar-refractivity contribution in [1.82, 2.24) is 4.90 Å². The number of nitrogens with zero attached hydrogens (tertiary/aromatic N) is 1. The lowest BCUT2D eigenvalue weighted by Crippen LogP contribution is -2.41. The molecule has 0 N–H and O–H groups in total. The third kappa shape index (κ3) is 4.47. The van der Waals surface area contributed by atoms with E-state index in [1.807, 2.05) is 20.8 Å². The van der Waals surface area contributed by atoms with Gasteiger partial charge in [-0.25, -0.2) is 0 Å². The molecule has 0 heterocycles. The van der Waals surface area contributed by atoms with E-state index in [1.165, 1.54) is 7.11 Å². The standard InChI is InChI=1S/C15H27NO4/c1-5-16(6-2)14(17)11(3)20-13-9-7-12(8-10-13)15(18)19-4/h11-13H,5-10H2,1-4H3. The van der Waals surface area contributed by atoms with Crippen LogP contribution in [0.2, 0.25) is 0 Å². The number of amides is 1. The first kappa shape index (κ1) is 17.0. The van der Waals surface area contributed by atoms with E-state index in [4.69, 9.17) is 9.47 Å². The topological polar surface area (TPSA) is 55.8 Å². The van der Waals surface area contributed by atoms with Crippen LogP contribution in [0.5, 0.6) is 0 Å². The highest BCUT2D eigenvalue weighted by Crippen LogP contribution is 2.27. The predicted octanol–water partition coefficient (Wildman–Crippen LogP) is 1.99. The van der Waals surface area contributed by atoms with E-state index in [0.29, 0.717) is 13.1 Å². The van der Waals surface area contributed by atoms with E-state index < -0.39 is 6.10 Å². The number of esters is 1. The Morgan fingerprint density at radius 3 is 2.15 bits per heavy atom. The van der Waals surface area contributed by atoms with Crippen molar-refractivity contribution >= 4 is 11.9 Å². The number of rotatable bonds is 6. The molecule has 0 aromatic rings. The summed E-state index contributed by atoms with van der Waals surface area (Å²) in [5.41, 5.74) is 0. The third-order valence-electron chi connectivity index (χ3n) is 4.03. The van der Waals surface area contributed by atoms with E-state index in [2.05, 4.69) is 0 Å². The molecule has 0 aromatic heterocycles. The van der Waals surface area contributed by atoms with Crippen molar-refractivity contribution < 1.29 is 19.1 Å². The summed E-state index contributed by atoms with van der Waals surface area (Å²) in [5, 5.41) is 0. The summed E-state index contributed by atoms with van der Waals surface area (Å²) in [5.74, 6) is -0.0885. The van der Waals surface area contributed by atoms with Gasteiger partial charge >= 0.3 is 5.97 Å². The Balaban J connectivity index is 2.39. The van der Waals surface area contributed by atoms with Crippen LogP contribution in [0, 0.1) is 5.92 Å². The molecule has 0 spiro atoms. The van der Waals surface area contributed by atoms with Crippen LogP contribution in [0.4, 0.5) is 0 Å². The van der Waals surface area contributed by atoms with E-state index >= 15 is 0 Å². The summed E-state index contributed by atoms with van der Waals surface area (Å²) in [7, 11) is 1.43. The average Bonchev–Trinajstić information content (AvgIpc) is 2.48. The SMILES string of the molecule is CCN(CC)C(=O)C(C)OC1CCC(C(=O)OC)CC1. The lowest BCUT2D eigenvalue weighted by molar-refractivity contribution is -0.152. The largest absolute Gasteiger partial charge is 0.469 e. The minimum absolute atomic E-state index is 0.00589. The first-order chi connectivity index (χ1) is 9.53. The second-order valence-electron chi connectivity index (χ2n) is 5.29. The molecular formula is C15H27NO4. The van der Waals surface area contributed by atoms with Gasteiger partial charge in [0.1, 0.15) is 6.10 Å².